The van der Waals surface area contributed by atoms with Crippen molar-refractivity contribution >= 4 is 97.7 Å². The minimum atomic E-state index is 0.810. The fourth-order valence-electron chi connectivity index (χ4n) is 9.65. The topological polar surface area (TPSA) is 35.6 Å². The van der Waals surface area contributed by atoms with E-state index in [0.717, 1.165) is 44.8 Å². The van der Waals surface area contributed by atoms with Gasteiger partial charge in [0.2, 0.25) is 0 Å². The van der Waals surface area contributed by atoms with E-state index in [0.29, 0.717) is 0 Å². The summed E-state index contributed by atoms with van der Waals surface area (Å²) >= 11 is 0. The van der Waals surface area contributed by atoms with Gasteiger partial charge >= 0.3 is 0 Å². The van der Waals surface area contributed by atoms with E-state index in [-0.39, 0.29) is 0 Å². The molecule has 13 aromatic rings. The molecule has 3 aromatic heterocycles. The lowest BCUT2D eigenvalue weighted by atomic mass is 9.99. The zero-order valence-corrected chi connectivity index (χ0v) is 31.3. The van der Waals surface area contributed by atoms with Gasteiger partial charge in [-0.2, -0.15) is 0 Å². The van der Waals surface area contributed by atoms with Crippen molar-refractivity contribution in [3.8, 4) is 22.8 Å². The van der Waals surface area contributed by atoms with E-state index in [1.165, 1.54) is 75.7 Å². The number of aromatic nitrogens is 4. The van der Waals surface area contributed by atoms with E-state index < -0.39 is 0 Å². The van der Waals surface area contributed by atoms with Gasteiger partial charge in [0.25, 0.3) is 0 Å². The minimum Gasteiger partial charge on any atom is -0.309 e. The third kappa shape index (κ3) is 4.40. The predicted octanol–water partition coefficient (Wildman–Crippen LogP) is 14.1. The second-order valence-corrected chi connectivity index (χ2v) is 15.4. The maximum atomic E-state index is 5.50. The molecular formula is C54H32N4. The second kappa shape index (κ2) is 11.8. The normalized spacial score (nSPS) is 12.1. The molecule has 4 heteroatoms. The van der Waals surface area contributed by atoms with Crippen LogP contribution in [-0.4, -0.2) is 19.1 Å². The zero-order chi connectivity index (χ0) is 37.9. The summed E-state index contributed by atoms with van der Waals surface area (Å²) in [6.45, 7) is 0. The Morgan fingerprint density at radius 1 is 0.310 bits per heavy atom. The van der Waals surface area contributed by atoms with Gasteiger partial charge in [0.05, 0.1) is 33.1 Å². The maximum Gasteiger partial charge on any atom is 0.165 e. The molecule has 0 amide bonds. The molecule has 10 aromatic carbocycles. The predicted molar refractivity (Wildman–Crippen MR) is 244 cm³/mol. The van der Waals surface area contributed by atoms with Crippen LogP contribution in [0.15, 0.2) is 194 Å². The monoisotopic (exact) mass is 736 g/mol. The lowest BCUT2D eigenvalue weighted by molar-refractivity contribution is 1.08. The number of fused-ring (bicyclic) bond motifs is 14. The van der Waals surface area contributed by atoms with E-state index in [2.05, 4.69) is 191 Å². The highest BCUT2D eigenvalue weighted by molar-refractivity contribution is 6.23. The van der Waals surface area contributed by atoms with E-state index in [1.54, 1.807) is 0 Å². The summed E-state index contributed by atoms with van der Waals surface area (Å²) in [6, 6.07) is 70.2. The molecule has 13 rings (SSSR count). The molecule has 0 aliphatic carbocycles. The summed E-state index contributed by atoms with van der Waals surface area (Å²) in [4.78, 5) is 10.9. The van der Waals surface area contributed by atoms with E-state index in [1.807, 2.05) is 12.1 Å². The first-order valence-corrected chi connectivity index (χ1v) is 19.8. The molecule has 0 bridgehead atoms. The second-order valence-electron chi connectivity index (χ2n) is 15.4. The summed E-state index contributed by atoms with van der Waals surface area (Å²) in [6.07, 6.45) is 0. The lowest BCUT2D eigenvalue weighted by Gasteiger charge is -2.15. The Morgan fingerprint density at radius 3 is 1.55 bits per heavy atom. The number of rotatable bonds is 3. The largest absolute Gasteiger partial charge is 0.309 e. The van der Waals surface area contributed by atoms with Gasteiger partial charge in [0.1, 0.15) is 5.69 Å². The fourth-order valence-corrected chi connectivity index (χ4v) is 9.65. The summed E-state index contributed by atoms with van der Waals surface area (Å²) < 4.78 is 4.79. The first-order chi connectivity index (χ1) is 28.8. The van der Waals surface area contributed by atoms with Gasteiger partial charge in [-0.25, -0.2) is 9.97 Å². The summed E-state index contributed by atoms with van der Waals surface area (Å²) in [5.41, 5.74) is 9.28. The van der Waals surface area contributed by atoms with Crippen molar-refractivity contribution < 1.29 is 0 Å². The van der Waals surface area contributed by atoms with Gasteiger partial charge in [-0.15, -0.1) is 0 Å². The Balaban J connectivity index is 1.14. The van der Waals surface area contributed by atoms with Gasteiger partial charge in [0, 0.05) is 32.8 Å². The van der Waals surface area contributed by atoms with Crippen LogP contribution in [0.3, 0.4) is 0 Å². The Bertz CT molecular complexity index is 3870. The van der Waals surface area contributed by atoms with E-state index in [9.17, 15) is 0 Å². The van der Waals surface area contributed by atoms with Crippen molar-refractivity contribution in [1.82, 2.24) is 19.1 Å². The van der Waals surface area contributed by atoms with Crippen molar-refractivity contribution in [2.24, 2.45) is 0 Å². The van der Waals surface area contributed by atoms with Gasteiger partial charge in [0.15, 0.2) is 5.82 Å². The highest BCUT2D eigenvalue weighted by Gasteiger charge is 2.23. The summed E-state index contributed by atoms with van der Waals surface area (Å²) in [5.74, 6) is 0.810. The lowest BCUT2D eigenvalue weighted by Crippen LogP contribution is -2.04. The highest BCUT2D eigenvalue weighted by Crippen LogP contribution is 2.42. The van der Waals surface area contributed by atoms with Crippen LogP contribution in [-0.2, 0) is 0 Å². The van der Waals surface area contributed by atoms with Crippen molar-refractivity contribution in [2.45, 2.75) is 0 Å². The average molecular weight is 737 g/mol. The third-order valence-electron chi connectivity index (χ3n) is 12.2. The van der Waals surface area contributed by atoms with Crippen molar-refractivity contribution in [3.05, 3.63) is 194 Å². The molecule has 0 unspecified atom stereocenters. The fraction of sp³-hybridized carbons (Fsp3) is 0. The molecule has 0 saturated heterocycles. The van der Waals surface area contributed by atoms with Crippen LogP contribution in [0.2, 0.25) is 0 Å². The Morgan fingerprint density at radius 2 is 0.810 bits per heavy atom. The first-order valence-electron chi connectivity index (χ1n) is 19.8. The molecule has 0 N–H and O–H groups in total. The molecule has 0 spiro atoms. The molecule has 0 atom stereocenters. The molecule has 0 radical (unpaired) electrons. The summed E-state index contributed by atoms with van der Waals surface area (Å²) in [5, 5.41) is 14.7. The van der Waals surface area contributed by atoms with Gasteiger partial charge in [-0.1, -0.05) is 140 Å². The Hall–Kier alpha value is -7.82. The molecule has 268 valence electrons. The third-order valence-corrected chi connectivity index (χ3v) is 12.2. The standard InChI is InChI=1S/C54H32N4/c1-4-14-39-33(11-1)21-22-36-23-24-37(31-43(36)39)53-54(56-46-19-9-8-18-45(46)55-53)58-48-30-27-38(32-44(48)52-41-16-6-3-13-35(41)26-29-50(52)58)57-47-20-10-7-17-42(47)51-40-15-5-2-12-34(40)25-28-49(51)57/h1-32H. The van der Waals surface area contributed by atoms with Crippen molar-refractivity contribution in [2.75, 3.05) is 0 Å². The van der Waals surface area contributed by atoms with Crippen LogP contribution in [0.5, 0.6) is 0 Å². The van der Waals surface area contributed by atoms with Crippen molar-refractivity contribution in [3.63, 3.8) is 0 Å². The molecule has 3 heterocycles. The van der Waals surface area contributed by atoms with E-state index in [4.69, 9.17) is 9.97 Å². The Kier molecular flexibility index (Phi) is 6.41. The molecule has 0 fully saturated rings. The quantitative estimate of drug-likeness (QED) is 0.169. The molecule has 4 nitrogen and oxygen atoms in total. The molecule has 58 heavy (non-hydrogen) atoms. The number of nitrogens with zero attached hydrogens (tertiary/aromatic N) is 4. The molecular weight excluding hydrogens is 705 g/mol. The average Bonchev–Trinajstić information content (AvgIpc) is 3.81. The SMILES string of the molecule is c1ccc2c(c1)ccc1ccc(-c3nc4ccccc4nc3-n3c4ccc(-n5c6ccccc6c6c7ccccc7ccc65)cc4c4c5ccccc5ccc43)cc12. The Labute approximate surface area is 332 Å². The van der Waals surface area contributed by atoms with Crippen LogP contribution in [0.4, 0.5) is 0 Å². The van der Waals surface area contributed by atoms with Gasteiger partial charge in [-0.3, -0.25) is 4.57 Å². The molecule has 0 aliphatic rings. The number of para-hydroxylation sites is 3. The van der Waals surface area contributed by atoms with Crippen LogP contribution < -0.4 is 0 Å². The van der Waals surface area contributed by atoms with Gasteiger partial charge in [-0.05, 0) is 97.7 Å². The zero-order valence-electron chi connectivity index (χ0n) is 31.3. The van der Waals surface area contributed by atoms with E-state index >= 15 is 0 Å². The molecule has 0 saturated carbocycles. The van der Waals surface area contributed by atoms with Crippen LogP contribution >= 0.6 is 0 Å². The number of hydrogen-bond donors (Lipinski definition) is 0. The molecule has 0 aliphatic heterocycles. The van der Waals surface area contributed by atoms with Crippen LogP contribution in [0, 0.1) is 0 Å². The maximum absolute atomic E-state index is 5.50. The van der Waals surface area contributed by atoms with Crippen LogP contribution in [0.25, 0.3) is 120 Å². The van der Waals surface area contributed by atoms with Gasteiger partial charge < -0.3 is 4.57 Å². The smallest absolute Gasteiger partial charge is 0.165 e. The highest BCUT2D eigenvalue weighted by atomic mass is 15.1. The summed E-state index contributed by atoms with van der Waals surface area (Å²) in [7, 11) is 0. The number of hydrogen-bond acceptors (Lipinski definition) is 2. The van der Waals surface area contributed by atoms with Crippen LogP contribution in [0.1, 0.15) is 0 Å². The number of benzene rings is 10. The minimum absolute atomic E-state index is 0.810. The first kappa shape index (κ1) is 31.4. The van der Waals surface area contributed by atoms with Crippen molar-refractivity contribution in [1.29, 1.82) is 0 Å².